The van der Waals surface area contributed by atoms with Crippen molar-refractivity contribution >= 4 is 17.3 Å². The van der Waals surface area contributed by atoms with Crippen LogP contribution in [0.2, 0.25) is 0 Å². The number of ether oxygens (including phenoxy) is 2. The number of anilines is 2. The summed E-state index contributed by atoms with van der Waals surface area (Å²) in [6.07, 6.45) is 1.47. The molecule has 0 atom stereocenters. The van der Waals surface area contributed by atoms with Gasteiger partial charge in [0.2, 0.25) is 0 Å². The first-order valence-electron chi connectivity index (χ1n) is 12.8. The number of halogens is 1. The molecular formula is C32H27FN4O4. The average molecular weight is 551 g/mol. The fraction of sp³-hybridized carbons (Fsp3) is 0.0938. The second-order valence-corrected chi connectivity index (χ2v) is 9.23. The van der Waals surface area contributed by atoms with Crippen LogP contribution in [0.5, 0.6) is 17.2 Å². The van der Waals surface area contributed by atoms with E-state index in [4.69, 9.17) is 9.47 Å². The molecule has 5 rings (SSSR count). The molecule has 0 unspecified atom stereocenters. The summed E-state index contributed by atoms with van der Waals surface area (Å²) in [7, 11) is 1.57. The Morgan fingerprint density at radius 3 is 2.41 bits per heavy atom. The summed E-state index contributed by atoms with van der Waals surface area (Å²) >= 11 is 0. The summed E-state index contributed by atoms with van der Waals surface area (Å²) in [4.78, 5) is 26.6. The number of hydrogen-bond acceptors (Lipinski definition) is 6. The maximum absolute atomic E-state index is 13.7. The van der Waals surface area contributed by atoms with E-state index in [1.54, 1.807) is 73.8 Å². The van der Waals surface area contributed by atoms with Crippen LogP contribution in [0.4, 0.5) is 15.8 Å². The van der Waals surface area contributed by atoms with Crippen LogP contribution in [-0.4, -0.2) is 22.8 Å². The van der Waals surface area contributed by atoms with Gasteiger partial charge in [0.15, 0.2) is 11.4 Å². The van der Waals surface area contributed by atoms with Gasteiger partial charge < -0.3 is 20.1 Å². The first kappa shape index (κ1) is 27.1. The molecule has 9 heteroatoms. The lowest BCUT2D eigenvalue weighted by Gasteiger charge is -2.15. The summed E-state index contributed by atoms with van der Waals surface area (Å²) in [5, 5.41) is 10.3. The van der Waals surface area contributed by atoms with Gasteiger partial charge in [-0.15, -0.1) is 0 Å². The highest BCUT2D eigenvalue weighted by Crippen LogP contribution is 2.29. The first-order valence-corrected chi connectivity index (χ1v) is 12.8. The number of hydrogen-bond donors (Lipinski definition) is 2. The van der Waals surface area contributed by atoms with Gasteiger partial charge in [-0.05, 0) is 84.8 Å². The molecule has 0 fully saturated rings. The zero-order chi connectivity index (χ0) is 28.8. The number of aromatic nitrogens is 2. The van der Waals surface area contributed by atoms with Crippen molar-refractivity contribution in [3.05, 3.63) is 136 Å². The summed E-state index contributed by atoms with van der Waals surface area (Å²) in [5.74, 6) is 0.752. The number of benzene rings is 4. The van der Waals surface area contributed by atoms with Crippen LogP contribution >= 0.6 is 0 Å². The SMILES string of the molecule is COc1ccc(-n2ncc(Oc3cccc(C)c3)c(Nc3cccc(C(=O)NCc4ccc(F)cc4)c3)c2=O)cc1. The van der Waals surface area contributed by atoms with Crippen molar-refractivity contribution in [1.29, 1.82) is 0 Å². The molecule has 1 amide bonds. The minimum atomic E-state index is -0.452. The van der Waals surface area contributed by atoms with Gasteiger partial charge in [-0.3, -0.25) is 9.59 Å². The summed E-state index contributed by atoms with van der Waals surface area (Å²) < 4.78 is 25.7. The Balaban J connectivity index is 1.45. The van der Waals surface area contributed by atoms with E-state index in [1.807, 2.05) is 25.1 Å². The Hall–Kier alpha value is -5.44. The molecule has 41 heavy (non-hydrogen) atoms. The van der Waals surface area contributed by atoms with Crippen LogP contribution in [0, 0.1) is 12.7 Å². The topological polar surface area (TPSA) is 94.5 Å². The van der Waals surface area contributed by atoms with Crippen molar-refractivity contribution in [2.75, 3.05) is 12.4 Å². The van der Waals surface area contributed by atoms with Crippen LogP contribution in [0.15, 0.2) is 108 Å². The highest BCUT2D eigenvalue weighted by molar-refractivity contribution is 5.95. The highest BCUT2D eigenvalue weighted by Gasteiger charge is 2.17. The molecule has 1 heterocycles. The molecule has 206 valence electrons. The van der Waals surface area contributed by atoms with E-state index >= 15 is 0 Å². The van der Waals surface area contributed by atoms with Crippen LogP contribution in [0.3, 0.4) is 0 Å². The number of carbonyl (C=O) groups excluding carboxylic acids is 1. The minimum Gasteiger partial charge on any atom is -0.497 e. The quantitative estimate of drug-likeness (QED) is 0.229. The second-order valence-electron chi connectivity index (χ2n) is 9.23. The number of carbonyl (C=O) groups is 1. The number of nitrogens with zero attached hydrogens (tertiary/aromatic N) is 2. The van der Waals surface area contributed by atoms with E-state index in [2.05, 4.69) is 15.7 Å². The maximum atomic E-state index is 13.7. The lowest BCUT2D eigenvalue weighted by molar-refractivity contribution is 0.0951. The molecule has 0 aliphatic carbocycles. The van der Waals surface area contributed by atoms with Crippen LogP contribution in [0.25, 0.3) is 5.69 Å². The van der Waals surface area contributed by atoms with E-state index in [-0.39, 0.29) is 29.7 Å². The molecule has 4 aromatic carbocycles. The van der Waals surface area contributed by atoms with Gasteiger partial charge in [-0.2, -0.15) is 9.78 Å². The Morgan fingerprint density at radius 1 is 0.927 bits per heavy atom. The minimum absolute atomic E-state index is 0.140. The number of amides is 1. The largest absolute Gasteiger partial charge is 0.497 e. The Morgan fingerprint density at radius 2 is 1.68 bits per heavy atom. The first-order chi connectivity index (χ1) is 19.9. The molecule has 5 aromatic rings. The van der Waals surface area contributed by atoms with E-state index in [0.29, 0.717) is 28.4 Å². The van der Waals surface area contributed by atoms with Crippen molar-refractivity contribution in [1.82, 2.24) is 15.1 Å². The molecule has 0 spiro atoms. The Labute approximate surface area is 236 Å². The molecule has 8 nitrogen and oxygen atoms in total. The Kier molecular flexibility index (Phi) is 8.05. The van der Waals surface area contributed by atoms with Gasteiger partial charge in [0, 0.05) is 17.8 Å². The van der Waals surface area contributed by atoms with Crippen molar-refractivity contribution in [2.45, 2.75) is 13.5 Å². The predicted molar refractivity (Wildman–Crippen MR) is 155 cm³/mol. The molecule has 0 aliphatic rings. The van der Waals surface area contributed by atoms with Gasteiger partial charge in [-0.1, -0.05) is 30.3 Å². The molecule has 2 N–H and O–H groups in total. The van der Waals surface area contributed by atoms with Gasteiger partial charge in [0.05, 0.1) is 19.0 Å². The predicted octanol–water partition coefficient (Wildman–Crippen LogP) is 6.15. The molecule has 0 aliphatic heterocycles. The zero-order valence-corrected chi connectivity index (χ0v) is 22.4. The van der Waals surface area contributed by atoms with Crippen molar-refractivity contribution < 1.29 is 18.7 Å². The summed E-state index contributed by atoms with van der Waals surface area (Å²) in [6.45, 7) is 2.18. The van der Waals surface area contributed by atoms with Gasteiger partial charge in [0.1, 0.15) is 17.3 Å². The van der Waals surface area contributed by atoms with E-state index in [1.165, 1.54) is 23.0 Å². The monoisotopic (exact) mass is 550 g/mol. The maximum Gasteiger partial charge on any atom is 0.299 e. The van der Waals surface area contributed by atoms with E-state index in [9.17, 15) is 14.0 Å². The third kappa shape index (κ3) is 6.59. The normalized spacial score (nSPS) is 10.6. The third-order valence-electron chi connectivity index (χ3n) is 6.24. The molecule has 0 saturated heterocycles. The Bertz CT molecular complexity index is 1730. The van der Waals surface area contributed by atoms with Crippen molar-refractivity contribution in [2.24, 2.45) is 0 Å². The number of aryl methyl sites for hydroxylation is 1. The molecular weight excluding hydrogens is 523 g/mol. The number of nitrogens with one attached hydrogen (secondary N) is 2. The summed E-state index contributed by atoms with van der Waals surface area (Å²) in [5.41, 5.74) is 2.86. The smallest absolute Gasteiger partial charge is 0.299 e. The molecule has 0 bridgehead atoms. The van der Waals surface area contributed by atoms with Gasteiger partial charge >= 0.3 is 0 Å². The lowest BCUT2D eigenvalue weighted by atomic mass is 10.1. The average Bonchev–Trinajstić information content (AvgIpc) is 2.99. The van der Waals surface area contributed by atoms with Crippen LogP contribution in [0.1, 0.15) is 21.5 Å². The summed E-state index contributed by atoms with van der Waals surface area (Å²) in [6, 6.07) is 27.0. The van der Waals surface area contributed by atoms with Crippen molar-refractivity contribution in [3.8, 4) is 22.9 Å². The van der Waals surface area contributed by atoms with Crippen molar-refractivity contribution in [3.63, 3.8) is 0 Å². The van der Waals surface area contributed by atoms with Crippen LogP contribution in [-0.2, 0) is 6.54 Å². The number of methoxy groups -OCH3 is 1. The third-order valence-corrected chi connectivity index (χ3v) is 6.24. The van der Waals surface area contributed by atoms with Crippen LogP contribution < -0.4 is 25.7 Å². The fourth-order valence-corrected chi connectivity index (χ4v) is 4.11. The molecule has 1 aromatic heterocycles. The van der Waals surface area contributed by atoms with Gasteiger partial charge in [-0.25, -0.2) is 4.39 Å². The lowest BCUT2D eigenvalue weighted by Crippen LogP contribution is -2.24. The zero-order valence-electron chi connectivity index (χ0n) is 22.4. The van der Waals surface area contributed by atoms with E-state index in [0.717, 1.165) is 11.1 Å². The second kappa shape index (κ2) is 12.2. The standard InChI is InChI=1S/C32H27FN4O4/c1-21-5-3-8-28(17-21)41-29-20-35-37(26-13-15-27(40-2)16-14-26)32(39)30(29)36-25-7-4-6-23(18-25)31(38)34-19-22-9-11-24(33)12-10-22/h3-18,20,36H,19H2,1-2H3,(H,34,38). The van der Waals surface area contributed by atoms with Gasteiger partial charge in [0.25, 0.3) is 11.5 Å². The highest BCUT2D eigenvalue weighted by atomic mass is 19.1. The molecule has 0 radical (unpaired) electrons. The fourth-order valence-electron chi connectivity index (χ4n) is 4.11. The number of rotatable bonds is 9. The van der Waals surface area contributed by atoms with E-state index < -0.39 is 5.56 Å². The molecule has 0 saturated carbocycles.